The van der Waals surface area contributed by atoms with Crippen LogP contribution in [0.2, 0.25) is 0 Å². The molecule has 0 amide bonds. The largest absolute Gasteiger partial charge is 0.508 e. The van der Waals surface area contributed by atoms with Gasteiger partial charge in [0.15, 0.2) is 23.0 Å². The quantitative estimate of drug-likeness (QED) is 0.308. The molecule has 0 spiro atoms. The Morgan fingerprint density at radius 1 is 1.13 bits per heavy atom. The van der Waals surface area contributed by atoms with E-state index < -0.39 is 76.4 Å². The lowest BCUT2D eigenvalue weighted by Crippen LogP contribution is -2.62. The lowest BCUT2D eigenvalue weighted by molar-refractivity contribution is -0.151. The fourth-order valence-electron chi connectivity index (χ4n) is 6.04. The van der Waals surface area contributed by atoms with Crippen LogP contribution in [0.25, 0.3) is 0 Å². The van der Waals surface area contributed by atoms with Crippen molar-refractivity contribution in [2.75, 3.05) is 0 Å². The van der Waals surface area contributed by atoms with Crippen molar-refractivity contribution in [2.45, 2.75) is 51.4 Å². The molecule has 0 aromatic heterocycles. The van der Waals surface area contributed by atoms with E-state index in [1.54, 1.807) is 13.8 Å². The topological polar surface area (TPSA) is 152 Å². The first kappa shape index (κ1) is 21.0. The van der Waals surface area contributed by atoms with Crippen LogP contribution in [0.15, 0.2) is 34.3 Å². The van der Waals surface area contributed by atoms with Gasteiger partial charge in [0.05, 0.1) is 18.1 Å². The highest BCUT2D eigenvalue weighted by Crippen LogP contribution is 2.56. The molecule has 8 atom stereocenters. The highest BCUT2D eigenvalue weighted by Gasteiger charge is 2.64. The number of fused-ring (bicyclic) bond motifs is 3. The van der Waals surface area contributed by atoms with Gasteiger partial charge in [-0.3, -0.25) is 14.4 Å². The Morgan fingerprint density at radius 2 is 1.77 bits per heavy atom. The molecule has 1 saturated carbocycles. The van der Waals surface area contributed by atoms with E-state index in [4.69, 9.17) is 0 Å². The summed E-state index contributed by atoms with van der Waals surface area (Å²) in [6.45, 7) is 4.56. The number of allylic oxidation sites excluding steroid dienone is 2. The summed E-state index contributed by atoms with van der Waals surface area (Å²) in [5, 5.41) is 54.7. The van der Waals surface area contributed by atoms with E-state index in [0.717, 1.165) is 6.92 Å². The monoisotopic (exact) mass is 418 g/mol. The fraction of sp³-hybridized carbons (Fsp3) is 0.591. The number of Topliss-reactive ketones (excluding diaryl/α,β-unsaturated/α-hetero) is 3. The van der Waals surface area contributed by atoms with Crippen LogP contribution in [0.3, 0.4) is 0 Å². The number of carbonyl (C=O) groups is 3. The molecule has 0 aromatic carbocycles. The van der Waals surface area contributed by atoms with Gasteiger partial charge in [0.1, 0.15) is 17.1 Å². The summed E-state index contributed by atoms with van der Waals surface area (Å²) in [6, 6.07) is 0. The number of hydrogen-bond donors (Lipinski definition) is 5. The SMILES string of the molecule is CC(=O)C1=C(O)[C@@]2(O)C(O)=C3C(=O)C4C(O)C(C)=CCC4[C@H](C)[C@H]3[C@H](O)[C@H]2CC1=O. The molecule has 162 valence electrons. The Balaban J connectivity index is 1.95. The summed E-state index contributed by atoms with van der Waals surface area (Å²) in [7, 11) is 0. The van der Waals surface area contributed by atoms with Crippen molar-refractivity contribution in [3.05, 3.63) is 34.3 Å². The van der Waals surface area contributed by atoms with E-state index >= 15 is 0 Å². The van der Waals surface area contributed by atoms with Crippen molar-refractivity contribution < 1.29 is 39.9 Å². The number of aliphatic hydroxyl groups excluding tert-OH is 4. The number of rotatable bonds is 1. The first-order valence-corrected chi connectivity index (χ1v) is 10.1. The van der Waals surface area contributed by atoms with Crippen LogP contribution < -0.4 is 0 Å². The molecule has 4 aliphatic rings. The van der Waals surface area contributed by atoms with Crippen molar-refractivity contribution in [1.29, 1.82) is 0 Å². The van der Waals surface area contributed by atoms with E-state index in [2.05, 4.69) is 0 Å². The van der Waals surface area contributed by atoms with Gasteiger partial charge in [0.2, 0.25) is 0 Å². The molecule has 0 bridgehead atoms. The van der Waals surface area contributed by atoms with Gasteiger partial charge in [0.25, 0.3) is 0 Å². The standard InChI is InChI=1S/C22H26O8/c1-7-4-5-10-8(2)13-16(19(27)15(10)17(7)25)21(29)22(30)11(18(13)26)6-12(24)14(9(3)23)20(22)28/h4,8,10-11,13,15,17-18,25-26,28-30H,5-6H2,1-3H3/t8-,10?,11+,13+,15?,17?,18+,22+/m0/s1. The van der Waals surface area contributed by atoms with Crippen molar-refractivity contribution in [3.8, 4) is 0 Å². The van der Waals surface area contributed by atoms with Crippen LogP contribution in [0.1, 0.15) is 33.6 Å². The lowest BCUT2D eigenvalue weighted by atomic mass is 9.52. The van der Waals surface area contributed by atoms with E-state index in [-0.39, 0.29) is 17.4 Å². The third-order valence-corrected chi connectivity index (χ3v) is 7.69. The Labute approximate surface area is 173 Å². The predicted molar refractivity (Wildman–Crippen MR) is 103 cm³/mol. The summed E-state index contributed by atoms with van der Waals surface area (Å²) in [5.41, 5.74) is -2.87. The smallest absolute Gasteiger partial charge is 0.185 e. The van der Waals surface area contributed by atoms with Gasteiger partial charge in [-0.25, -0.2) is 0 Å². The third kappa shape index (κ3) is 2.41. The third-order valence-electron chi connectivity index (χ3n) is 7.69. The minimum Gasteiger partial charge on any atom is -0.508 e. The number of ketones is 3. The minimum absolute atomic E-state index is 0.243. The van der Waals surface area contributed by atoms with E-state index in [1.807, 2.05) is 6.08 Å². The van der Waals surface area contributed by atoms with Crippen LogP contribution in [0, 0.1) is 29.6 Å². The highest BCUT2D eigenvalue weighted by atomic mass is 16.4. The number of hydrogen-bond acceptors (Lipinski definition) is 8. The molecular weight excluding hydrogens is 392 g/mol. The molecule has 0 aromatic rings. The zero-order valence-electron chi connectivity index (χ0n) is 17.0. The van der Waals surface area contributed by atoms with Crippen molar-refractivity contribution in [1.82, 2.24) is 0 Å². The molecule has 3 unspecified atom stereocenters. The summed E-state index contributed by atoms with van der Waals surface area (Å²) in [6.07, 6.45) is -0.557. The maximum atomic E-state index is 13.4. The summed E-state index contributed by atoms with van der Waals surface area (Å²) >= 11 is 0. The average Bonchev–Trinajstić information content (AvgIpc) is 2.67. The fourth-order valence-corrected chi connectivity index (χ4v) is 6.04. The van der Waals surface area contributed by atoms with Crippen molar-refractivity contribution in [3.63, 3.8) is 0 Å². The van der Waals surface area contributed by atoms with Gasteiger partial charge in [-0.2, -0.15) is 0 Å². The Hall–Kier alpha value is -2.29. The van der Waals surface area contributed by atoms with Crippen LogP contribution in [-0.4, -0.2) is 60.7 Å². The second-order valence-corrected chi connectivity index (χ2v) is 9.10. The predicted octanol–water partition coefficient (Wildman–Crippen LogP) is 0.672. The molecule has 0 aliphatic heterocycles. The first-order chi connectivity index (χ1) is 13.9. The zero-order valence-corrected chi connectivity index (χ0v) is 17.0. The minimum atomic E-state index is -2.62. The highest BCUT2D eigenvalue weighted by molar-refractivity contribution is 6.20. The maximum absolute atomic E-state index is 13.4. The van der Waals surface area contributed by atoms with Crippen molar-refractivity contribution in [2.24, 2.45) is 29.6 Å². The van der Waals surface area contributed by atoms with Crippen LogP contribution in [0.5, 0.6) is 0 Å². The molecule has 30 heavy (non-hydrogen) atoms. The van der Waals surface area contributed by atoms with Gasteiger partial charge in [-0.15, -0.1) is 0 Å². The second kappa shape index (κ2) is 6.60. The molecule has 4 aliphatic carbocycles. The molecular formula is C22H26O8. The van der Waals surface area contributed by atoms with Gasteiger partial charge in [-0.05, 0) is 37.7 Å². The van der Waals surface area contributed by atoms with Gasteiger partial charge in [0, 0.05) is 23.8 Å². The van der Waals surface area contributed by atoms with E-state index in [0.29, 0.717) is 12.0 Å². The summed E-state index contributed by atoms with van der Waals surface area (Å²) in [5.74, 6) is -7.66. The number of aliphatic hydroxyl groups is 5. The molecule has 4 rings (SSSR count). The number of carbonyl (C=O) groups excluding carboxylic acids is 3. The molecule has 5 N–H and O–H groups in total. The first-order valence-electron chi connectivity index (χ1n) is 10.1. The van der Waals surface area contributed by atoms with Gasteiger partial charge >= 0.3 is 0 Å². The second-order valence-electron chi connectivity index (χ2n) is 9.10. The molecule has 8 nitrogen and oxygen atoms in total. The normalized spacial score (nSPS) is 43.7. The Bertz CT molecular complexity index is 956. The van der Waals surface area contributed by atoms with E-state index in [1.165, 1.54) is 0 Å². The van der Waals surface area contributed by atoms with Crippen LogP contribution in [-0.2, 0) is 14.4 Å². The van der Waals surface area contributed by atoms with Gasteiger partial charge in [-0.1, -0.05) is 13.0 Å². The van der Waals surface area contributed by atoms with Crippen molar-refractivity contribution >= 4 is 17.3 Å². The van der Waals surface area contributed by atoms with Gasteiger partial charge < -0.3 is 25.5 Å². The summed E-state index contributed by atoms with van der Waals surface area (Å²) in [4.78, 5) is 37.7. The Morgan fingerprint density at radius 3 is 2.37 bits per heavy atom. The molecule has 1 fully saturated rings. The lowest BCUT2D eigenvalue weighted by Gasteiger charge is -2.54. The summed E-state index contributed by atoms with van der Waals surface area (Å²) < 4.78 is 0. The average molecular weight is 418 g/mol. The molecule has 0 saturated heterocycles. The Kier molecular flexibility index (Phi) is 4.61. The van der Waals surface area contributed by atoms with Crippen LogP contribution in [0.4, 0.5) is 0 Å². The maximum Gasteiger partial charge on any atom is 0.185 e. The zero-order chi connectivity index (χ0) is 22.3. The van der Waals surface area contributed by atoms with Crippen LogP contribution >= 0.6 is 0 Å². The van der Waals surface area contributed by atoms with E-state index in [9.17, 15) is 39.9 Å². The molecule has 8 heteroatoms. The molecule has 0 radical (unpaired) electrons. The molecule has 0 heterocycles.